The molecule has 1 atom stereocenters. The van der Waals surface area contributed by atoms with Crippen molar-refractivity contribution in [2.24, 2.45) is 5.73 Å². The molecular weight excluding hydrogens is 166 g/mol. The van der Waals surface area contributed by atoms with Crippen LogP contribution in [0.1, 0.15) is 11.6 Å². The second-order valence-corrected chi connectivity index (χ2v) is 2.97. The third kappa shape index (κ3) is 1.41. The number of benzene rings is 1. The van der Waals surface area contributed by atoms with Gasteiger partial charge < -0.3 is 15.8 Å². The second-order valence-electron chi connectivity index (χ2n) is 2.97. The SMILES string of the molecule is N[C@@H](CO)c1ccc2nc[nH]c2c1. The molecule has 0 amide bonds. The van der Waals surface area contributed by atoms with Gasteiger partial charge in [0.2, 0.25) is 0 Å². The normalized spacial score (nSPS) is 13.4. The zero-order valence-corrected chi connectivity index (χ0v) is 7.07. The maximum Gasteiger partial charge on any atom is 0.0931 e. The van der Waals surface area contributed by atoms with Crippen LogP contribution in [0.3, 0.4) is 0 Å². The number of aromatic nitrogens is 2. The number of imidazole rings is 1. The largest absolute Gasteiger partial charge is 0.394 e. The van der Waals surface area contributed by atoms with Gasteiger partial charge in [-0.2, -0.15) is 0 Å². The Labute approximate surface area is 75.4 Å². The van der Waals surface area contributed by atoms with E-state index in [4.69, 9.17) is 10.8 Å². The molecule has 0 spiro atoms. The summed E-state index contributed by atoms with van der Waals surface area (Å²) in [5, 5.41) is 8.86. The van der Waals surface area contributed by atoms with Gasteiger partial charge in [-0.15, -0.1) is 0 Å². The molecule has 2 rings (SSSR count). The smallest absolute Gasteiger partial charge is 0.0931 e. The van der Waals surface area contributed by atoms with Crippen LogP contribution in [0.2, 0.25) is 0 Å². The monoisotopic (exact) mass is 177 g/mol. The third-order valence-electron chi connectivity index (χ3n) is 2.07. The molecule has 0 saturated carbocycles. The van der Waals surface area contributed by atoms with Gasteiger partial charge in [-0.25, -0.2) is 4.98 Å². The highest BCUT2D eigenvalue weighted by Crippen LogP contribution is 2.15. The fraction of sp³-hybridized carbons (Fsp3) is 0.222. The van der Waals surface area contributed by atoms with Crippen molar-refractivity contribution < 1.29 is 5.11 Å². The molecule has 1 aromatic heterocycles. The minimum Gasteiger partial charge on any atom is -0.394 e. The molecule has 1 heterocycles. The summed E-state index contributed by atoms with van der Waals surface area (Å²) in [6.45, 7) is -0.0420. The molecule has 0 aliphatic heterocycles. The van der Waals surface area contributed by atoms with Crippen LogP contribution in [0, 0.1) is 0 Å². The van der Waals surface area contributed by atoms with Crippen LogP contribution in [-0.4, -0.2) is 21.7 Å². The van der Waals surface area contributed by atoms with Gasteiger partial charge in [0, 0.05) is 0 Å². The van der Waals surface area contributed by atoms with Gasteiger partial charge in [0.1, 0.15) is 0 Å². The average molecular weight is 177 g/mol. The third-order valence-corrected chi connectivity index (χ3v) is 2.07. The molecule has 4 heteroatoms. The average Bonchev–Trinajstić information content (AvgIpc) is 2.63. The zero-order valence-electron chi connectivity index (χ0n) is 7.07. The Morgan fingerprint density at radius 3 is 3.15 bits per heavy atom. The van der Waals surface area contributed by atoms with Crippen molar-refractivity contribution in [3.8, 4) is 0 Å². The molecule has 4 nitrogen and oxygen atoms in total. The minimum atomic E-state index is -0.312. The van der Waals surface area contributed by atoms with E-state index in [1.54, 1.807) is 6.33 Å². The van der Waals surface area contributed by atoms with Gasteiger partial charge in [0.05, 0.1) is 30.0 Å². The van der Waals surface area contributed by atoms with E-state index >= 15 is 0 Å². The standard InChI is InChI=1S/C9H11N3O/c10-7(4-13)6-1-2-8-9(3-6)12-5-11-8/h1-3,5,7,13H,4,10H2,(H,11,12)/t7-/m0/s1. The molecule has 0 aliphatic rings. The summed E-state index contributed by atoms with van der Waals surface area (Å²) in [5.41, 5.74) is 8.44. The van der Waals surface area contributed by atoms with Crippen LogP contribution in [0.4, 0.5) is 0 Å². The lowest BCUT2D eigenvalue weighted by Crippen LogP contribution is -2.14. The maximum atomic E-state index is 8.86. The maximum absolute atomic E-state index is 8.86. The Balaban J connectivity index is 2.48. The molecule has 68 valence electrons. The van der Waals surface area contributed by atoms with Crippen molar-refractivity contribution in [2.45, 2.75) is 6.04 Å². The zero-order chi connectivity index (χ0) is 9.26. The number of nitrogens with one attached hydrogen (secondary N) is 1. The molecule has 0 radical (unpaired) electrons. The van der Waals surface area contributed by atoms with E-state index in [1.807, 2.05) is 18.2 Å². The topological polar surface area (TPSA) is 74.9 Å². The number of fused-ring (bicyclic) bond motifs is 1. The van der Waals surface area contributed by atoms with Crippen molar-refractivity contribution in [3.63, 3.8) is 0 Å². The quantitative estimate of drug-likeness (QED) is 0.627. The van der Waals surface area contributed by atoms with Crippen molar-refractivity contribution in [1.29, 1.82) is 0 Å². The van der Waals surface area contributed by atoms with E-state index in [0.29, 0.717) is 0 Å². The van der Waals surface area contributed by atoms with E-state index in [9.17, 15) is 0 Å². The highest BCUT2D eigenvalue weighted by molar-refractivity contribution is 5.75. The summed E-state index contributed by atoms with van der Waals surface area (Å²) in [6.07, 6.45) is 1.64. The second kappa shape index (κ2) is 3.16. The predicted molar refractivity (Wildman–Crippen MR) is 50.1 cm³/mol. The first-order valence-corrected chi connectivity index (χ1v) is 4.10. The molecule has 0 saturated heterocycles. The summed E-state index contributed by atoms with van der Waals surface area (Å²) in [5.74, 6) is 0. The fourth-order valence-electron chi connectivity index (χ4n) is 1.29. The first-order chi connectivity index (χ1) is 6.31. The molecular formula is C9H11N3O. The number of nitrogens with zero attached hydrogens (tertiary/aromatic N) is 1. The number of aliphatic hydroxyl groups excluding tert-OH is 1. The Morgan fingerprint density at radius 2 is 2.38 bits per heavy atom. The van der Waals surface area contributed by atoms with Gasteiger partial charge >= 0.3 is 0 Å². The fourth-order valence-corrected chi connectivity index (χ4v) is 1.29. The molecule has 0 bridgehead atoms. The Bertz CT molecular complexity index is 410. The first-order valence-electron chi connectivity index (χ1n) is 4.10. The van der Waals surface area contributed by atoms with Crippen LogP contribution in [-0.2, 0) is 0 Å². The Kier molecular flexibility index (Phi) is 2.00. The van der Waals surface area contributed by atoms with Crippen molar-refractivity contribution in [2.75, 3.05) is 6.61 Å². The van der Waals surface area contributed by atoms with E-state index in [1.165, 1.54) is 0 Å². The van der Waals surface area contributed by atoms with Crippen LogP contribution in [0.25, 0.3) is 11.0 Å². The van der Waals surface area contributed by atoms with Crippen LogP contribution in [0.5, 0.6) is 0 Å². The predicted octanol–water partition coefficient (Wildman–Crippen LogP) is 0.555. The molecule has 0 unspecified atom stereocenters. The van der Waals surface area contributed by atoms with Crippen molar-refractivity contribution >= 4 is 11.0 Å². The van der Waals surface area contributed by atoms with Gasteiger partial charge in [-0.3, -0.25) is 0 Å². The highest BCUT2D eigenvalue weighted by atomic mass is 16.3. The molecule has 4 N–H and O–H groups in total. The minimum absolute atomic E-state index is 0.0420. The van der Waals surface area contributed by atoms with E-state index in [-0.39, 0.29) is 12.6 Å². The molecule has 1 aromatic carbocycles. The lowest BCUT2D eigenvalue weighted by atomic mass is 10.1. The van der Waals surface area contributed by atoms with Gasteiger partial charge in [-0.05, 0) is 17.7 Å². The van der Waals surface area contributed by atoms with E-state index in [0.717, 1.165) is 16.6 Å². The number of rotatable bonds is 2. The number of aromatic amines is 1. The summed E-state index contributed by atoms with van der Waals surface area (Å²) in [6, 6.07) is 5.36. The Hall–Kier alpha value is -1.39. The molecule has 0 fully saturated rings. The van der Waals surface area contributed by atoms with Crippen LogP contribution < -0.4 is 5.73 Å². The summed E-state index contributed by atoms with van der Waals surface area (Å²) in [4.78, 5) is 7.08. The van der Waals surface area contributed by atoms with Crippen molar-refractivity contribution in [3.05, 3.63) is 30.1 Å². The van der Waals surface area contributed by atoms with E-state index < -0.39 is 0 Å². The summed E-state index contributed by atoms with van der Waals surface area (Å²) >= 11 is 0. The molecule has 2 aromatic rings. The molecule has 0 aliphatic carbocycles. The Morgan fingerprint density at radius 1 is 1.54 bits per heavy atom. The van der Waals surface area contributed by atoms with E-state index in [2.05, 4.69) is 9.97 Å². The first kappa shape index (κ1) is 8.22. The number of hydrogen-bond donors (Lipinski definition) is 3. The van der Waals surface area contributed by atoms with Gasteiger partial charge in [-0.1, -0.05) is 6.07 Å². The number of hydrogen-bond acceptors (Lipinski definition) is 3. The summed E-state index contributed by atoms with van der Waals surface area (Å²) in [7, 11) is 0. The lowest BCUT2D eigenvalue weighted by molar-refractivity contribution is 0.268. The summed E-state index contributed by atoms with van der Waals surface area (Å²) < 4.78 is 0. The number of nitrogens with two attached hydrogens (primary N) is 1. The number of aliphatic hydroxyl groups is 1. The van der Waals surface area contributed by atoms with Crippen molar-refractivity contribution in [1.82, 2.24) is 9.97 Å². The van der Waals surface area contributed by atoms with Crippen LogP contribution >= 0.6 is 0 Å². The van der Waals surface area contributed by atoms with Crippen LogP contribution in [0.15, 0.2) is 24.5 Å². The number of H-pyrrole nitrogens is 1. The highest BCUT2D eigenvalue weighted by Gasteiger charge is 2.05. The molecule has 13 heavy (non-hydrogen) atoms. The van der Waals surface area contributed by atoms with Gasteiger partial charge in [0.25, 0.3) is 0 Å². The lowest BCUT2D eigenvalue weighted by Gasteiger charge is -2.07. The van der Waals surface area contributed by atoms with Gasteiger partial charge in [0.15, 0.2) is 0 Å².